The minimum Gasteiger partial charge on any atom is -0.496 e. The van der Waals surface area contributed by atoms with Crippen LogP contribution < -0.4 is 10.1 Å². The van der Waals surface area contributed by atoms with E-state index in [2.05, 4.69) is 5.32 Å². The van der Waals surface area contributed by atoms with Crippen molar-refractivity contribution in [1.29, 1.82) is 0 Å². The average Bonchev–Trinajstić information content (AvgIpc) is 2.67. The number of ether oxygens (including phenoxy) is 2. The maximum absolute atomic E-state index is 12.6. The number of nitrogens with one attached hydrogen (secondary N) is 1. The molecular formula is C20H20N2O6. The predicted molar refractivity (Wildman–Crippen MR) is 103 cm³/mol. The molecule has 0 aliphatic heterocycles. The Morgan fingerprint density at radius 3 is 2.50 bits per heavy atom. The number of esters is 1. The molecule has 146 valence electrons. The first-order valence-corrected chi connectivity index (χ1v) is 8.43. The van der Waals surface area contributed by atoms with Crippen molar-refractivity contribution in [1.82, 2.24) is 5.32 Å². The van der Waals surface area contributed by atoms with E-state index in [4.69, 9.17) is 9.47 Å². The highest BCUT2D eigenvalue weighted by Gasteiger charge is 2.19. The third kappa shape index (κ3) is 5.41. The van der Waals surface area contributed by atoms with Crippen LogP contribution >= 0.6 is 0 Å². The van der Waals surface area contributed by atoms with Crippen molar-refractivity contribution in [2.75, 3.05) is 7.11 Å². The monoisotopic (exact) mass is 384 g/mol. The molecular weight excluding hydrogens is 364 g/mol. The lowest BCUT2D eigenvalue weighted by Crippen LogP contribution is -2.30. The van der Waals surface area contributed by atoms with Crippen LogP contribution in [0.4, 0.5) is 5.69 Å². The lowest BCUT2D eigenvalue weighted by Gasteiger charge is -2.13. The van der Waals surface area contributed by atoms with E-state index in [0.717, 1.165) is 0 Å². The van der Waals surface area contributed by atoms with Gasteiger partial charge in [-0.1, -0.05) is 24.3 Å². The van der Waals surface area contributed by atoms with Crippen molar-refractivity contribution in [2.45, 2.75) is 20.0 Å². The van der Waals surface area contributed by atoms with Gasteiger partial charge >= 0.3 is 5.97 Å². The molecule has 1 amide bonds. The van der Waals surface area contributed by atoms with Gasteiger partial charge in [0.05, 0.1) is 23.7 Å². The van der Waals surface area contributed by atoms with Gasteiger partial charge in [0.25, 0.3) is 11.6 Å². The van der Waals surface area contributed by atoms with Crippen LogP contribution in [0.1, 0.15) is 29.8 Å². The molecule has 0 aliphatic rings. The Labute approximate surface area is 161 Å². The Balaban J connectivity index is 2.39. The van der Waals surface area contributed by atoms with Crippen LogP contribution in [0.25, 0.3) is 6.08 Å². The van der Waals surface area contributed by atoms with Crippen LogP contribution in [0, 0.1) is 10.1 Å². The number of nitro groups is 1. The molecule has 8 heteroatoms. The number of amides is 1. The molecule has 28 heavy (non-hydrogen) atoms. The van der Waals surface area contributed by atoms with E-state index in [-0.39, 0.29) is 16.9 Å². The zero-order valence-electron chi connectivity index (χ0n) is 15.7. The number of nitro benzene ring substituents is 1. The van der Waals surface area contributed by atoms with E-state index >= 15 is 0 Å². The summed E-state index contributed by atoms with van der Waals surface area (Å²) in [5.41, 5.74) is 0.309. The highest BCUT2D eigenvalue weighted by atomic mass is 16.6. The fourth-order valence-electron chi connectivity index (χ4n) is 2.34. The van der Waals surface area contributed by atoms with Crippen molar-refractivity contribution >= 4 is 23.6 Å². The second kappa shape index (κ2) is 9.31. The lowest BCUT2D eigenvalue weighted by atomic mass is 10.1. The first-order valence-electron chi connectivity index (χ1n) is 8.43. The van der Waals surface area contributed by atoms with Gasteiger partial charge in [0.1, 0.15) is 11.4 Å². The van der Waals surface area contributed by atoms with Gasteiger partial charge in [-0.3, -0.25) is 14.9 Å². The standard InChI is InChI=1S/C20H20N2O6/c1-13(2)28-20(24)17(12-14-7-6-8-15(11-14)22(25)26)21-19(23)16-9-4-5-10-18(16)27-3/h4-13H,1-3H3,(H,21,23)/b17-12-. The molecule has 0 saturated carbocycles. The second-order valence-corrected chi connectivity index (χ2v) is 6.02. The summed E-state index contributed by atoms with van der Waals surface area (Å²) in [6, 6.07) is 12.2. The fraction of sp³-hybridized carbons (Fsp3) is 0.200. The van der Waals surface area contributed by atoms with Crippen LogP contribution in [0.15, 0.2) is 54.2 Å². The molecule has 0 radical (unpaired) electrons. The molecule has 2 rings (SSSR count). The Kier molecular flexibility index (Phi) is 6.86. The van der Waals surface area contributed by atoms with E-state index in [1.807, 2.05) is 0 Å². The summed E-state index contributed by atoms with van der Waals surface area (Å²) in [5, 5.41) is 13.5. The van der Waals surface area contributed by atoms with E-state index in [1.54, 1.807) is 44.2 Å². The van der Waals surface area contributed by atoms with Crippen molar-refractivity contribution in [2.24, 2.45) is 0 Å². The van der Waals surface area contributed by atoms with Crippen molar-refractivity contribution in [3.63, 3.8) is 0 Å². The molecule has 0 bridgehead atoms. The first-order chi connectivity index (χ1) is 13.3. The quantitative estimate of drug-likeness (QED) is 0.340. The Hall–Kier alpha value is -3.68. The van der Waals surface area contributed by atoms with E-state index < -0.39 is 22.9 Å². The number of para-hydroxylation sites is 1. The summed E-state index contributed by atoms with van der Waals surface area (Å²) in [7, 11) is 1.43. The number of hydrogen-bond acceptors (Lipinski definition) is 6. The first kappa shape index (κ1) is 20.6. The summed E-state index contributed by atoms with van der Waals surface area (Å²) in [6.07, 6.45) is 0.912. The van der Waals surface area contributed by atoms with Gasteiger partial charge in [0.2, 0.25) is 0 Å². The Bertz CT molecular complexity index is 920. The van der Waals surface area contributed by atoms with Gasteiger partial charge in [-0.05, 0) is 37.6 Å². The molecule has 0 saturated heterocycles. The van der Waals surface area contributed by atoms with Crippen LogP contribution in [0.5, 0.6) is 5.75 Å². The largest absolute Gasteiger partial charge is 0.496 e. The third-order valence-electron chi connectivity index (χ3n) is 3.55. The normalized spacial score (nSPS) is 11.1. The number of hydrogen-bond donors (Lipinski definition) is 1. The molecule has 0 spiro atoms. The zero-order valence-corrected chi connectivity index (χ0v) is 15.7. The predicted octanol–water partition coefficient (Wildman–Crippen LogP) is 3.33. The number of carbonyl (C=O) groups excluding carboxylic acids is 2. The Morgan fingerprint density at radius 2 is 1.86 bits per heavy atom. The van der Waals surface area contributed by atoms with Gasteiger partial charge < -0.3 is 14.8 Å². The smallest absolute Gasteiger partial charge is 0.355 e. The molecule has 2 aromatic carbocycles. The number of non-ortho nitro benzene ring substituents is 1. The van der Waals surface area contributed by atoms with Crippen molar-refractivity contribution < 1.29 is 24.0 Å². The number of carbonyl (C=O) groups is 2. The number of benzene rings is 2. The summed E-state index contributed by atoms with van der Waals surface area (Å²) in [6.45, 7) is 3.34. The molecule has 0 heterocycles. The van der Waals surface area contributed by atoms with Gasteiger partial charge in [0.15, 0.2) is 0 Å². The van der Waals surface area contributed by atoms with Gasteiger partial charge in [-0.15, -0.1) is 0 Å². The summed E-state index contributed by atoms with van der Waals surface area (Å²) in [5.74, 6) is -0.994. The molecule has 0 aliphatic carbocycles. The topological polar surface area (TPSA) is 108 Å². The second-order valence-electron chi connectivity index (χ2n) is 6.02. The van der Waals surface area contributed by atoms with Crippen LogP contribution in [0.3, 0.4) is 0 Å². The molecule has 0 unspecified atom stereocenters. The van der Waals surface area contributed by atoms with Crippen LogP contribution in [-0.4, -0.2) is 30.0 Å². The van der Waals surface area contributed by atoms with Gasteiger partial charge in [-0.2, -0.15) is 0 Å². The molecule has 8 nitrogen and oxygen atoms in total. The maximum Gasteiger partial charge on any atom is 0.355 e. The molecule has 2 aromatic rings. The Morgan fingerprint density at radius 1 is 1.14 bits per heavy atom. The number of rotatable bonds is 7. The SMILES string of the molecule is COc1ccccc1C(=O)N/C(=C\c1cccc([N+](=O)[O-])c1)C(=O)OC(C)C. The van der Waals surface area contributed by atoms with Crippen molar-refractivity contribution in [3.8, 4) is 5.75 Å². The summed E-state index contributed by atoms with van der Waals surface area (Å²) >= 11 is 0. The van der Waals surface area contributed by atoms with E-state index in [0.29, 0.717) is 11.3 Å². The number of nitrogens with zero attached hydrogens (tertiary/aromatic N) is 1. The van der Waals surface area contributed by atoms with Crippen LogP contribution in [0.2, 0.25) is 0 Å². The van der Waals surface area contributed by atoms with E-state index in [9.17, 15) is 19.7 Å². The highest BCUT2D eigenvalue weighted by Crippen LogP contribution is 2.19. The highest BCUT2D eigenvalue weighted by molar-refractivity contribution is 6.04. The van der Waals surface area contributed by atoms with E-state index in [1.165, 1.54) is 31.4 Å². The molecule has 0 aromatic heterocycles. The minimum absolute atomic E-state index is 0.138. The third-order valence-corrected chi connectivity index (χ3v) is 3.55. The van der Waals surface area contributed by atoms with Crippen molar-refractivity contribution in [3.05, 3.63) is 75.5 Å². The maximum atomic E-state index is 12.6. The zero-order chi connectivity index (χ0) is 20.7. The summed E-state index contributed by atoms with van der Waals surface area (Å²) < 4.78 is 10.3. The molecule has 0 atom stereocenters. The lowest BCUT2D eigenvalue weighted by molar-refractivity contribution is -0.384. The van der Waals surface area contributed by atoms with Gasteiger partial charge in [0, 0.05) is 12.1 Å². The van der Waals surface area contributed by atoms with Gasteiger partial charge in [-0.25, -0.2) is 4.79 Å². The molecule has 1 N–H and O–H groups in total. The average molecular weight is 384 g/mol. The van der Waals surface area contributed by atoms with Crippen LogP contribution in [-0.2, 0) is 9.53 Å². The minimum atomic E-state index is -0.759. The number of methoxy groups -OCH3 is 1. The molecule has 0 fully saturated rings. The summed E-state index contributed by atoms with van der Waals surface area (Å²) in [4.78, 5) is 35.5. The fourth-order valence-corrected chi connectivity index (χ4v) is 2.34.